The zero-order valence-electron chi connectivity index (χ0n) is 10.8. The number of carboxylic acids is 1. The Morgan fingerprint density at radius 3 is 2.53 bits per heavy atom. The molecule has 0 bridgehead atoms. The number of hydrogen-bond acceptors (Lipinski definition) is 3. The van der Waals surface area contributed by atoms with Gasteiger partial charge in [-0.25, -0.2) is 9.18 Å². The predicted molar refractivity (Wildman–Crippen MR) is 69.4 cm³/mol. The first-order valence-corrected chi connectivity index (χ1v) is 5.90. The quantitative estimate of drug-likeness (QED) is 0.759. The smallest absolute Gasteiger partial charge is 0.338 e. The lowest BCUT2D eigenvalue weighted by atomic mass is 10.0. The summed E-state index contributed by atoms with van der Waals surface area (Å²) < 4.78 is 13.4. The Morgan fingerprint density at radius 1 is 1.42 bits per heavy atom. The number of carboxylic acid groups (broad SMARTS) is 1. The first-order valence-electron chi connectivity index (χ1n) is 5.90. The third-order valence-corrected chi connectivity index (χ3v) is 2.53. The summed E-state index contributed by atoms with van der Waals surface area (Å²) in [6, 6.07) is 2.71. The second kappa shape index (κ2) is 6.29. The van der Waals surface area contributed by atoms with E-state index in [1.807, 2.05) is 13.8 Å². The third kappa shape index (κ3) is 4.33. The van der Waals surface area contributed by atoms with E-state index in [0.717, 1.165) is 12.1 Å². The van der Waals surface area contributed by atoms with Crippen molar-refractivity contribution < 1.29 is 19.1 Å². The Hall–Kier alpha value is -1.95. The lowest BCUT2D eigenvalue weighted by Crippen LogP contribution is -2.36. The van der Waals surface area contributed by atoms with E-state index >= 15 is 0 Å². The molecular formula is C13H17FN2O3. The number of halogens is 1. The summed E-state index contributed by atoms with van der Waals surface area (Å²) in [7, 11) is 0. The zero-order valence-corrected chi connectivity index (χ0v) is 10.8. The normalized spacial score (nSPS) is 12.3. The highest BCUT2D eigenvalue weighted by Crippen LogP contribution is 2.15. The summed E-state index contributed by atoms with van der Waals surface area (Å²) in [6.07, 6.45) is 0.515. The molecule has 1 rings (SSSR count). The molecule has 5 nitrogen and oxygen atoms in total. The number of carbonyl (C=O) groups excluding carboxylic acids is 1. The summed E-state index contributed by atoms with van der Waals surface area (Å²) in [5, 5.41) is 11.1. The van der Waals surface area contributed by atoms with E-state index in [-0.39, 0.29) is 11.6 Å². The topological polar surface area (TPSA) is 92.4 Å². The number of nitrogens with two attached hydrogens (primary N) is 1. The Bertz CT molecular complexity index is 489. The van der Waals surface area contributed by atoms with Gasteiger partial charge in [0.05, 0.1) is 11.6 Å². The van der Waals surface area contributed by atoms with E-state index < -0.39 is 29.3 Å². The minimum absolute atomic E-state index is 0.187. The van der Waals surface area contributed by atoms with Gasteiger partial charge in [-0.15, -0.1) is 0 Å². The second-order valence-electron chi connectivity index (χ2n) is 4.73. The van der Waals surface area contributed by atoms with Gasteiger partial charge < -0.3 is 16.2 Å². The highest BCUT2D eigenvalue weighted by molar-refractivity contribution is 5.95. The second-order valence-corrected chi connectivity index (χ2v) is 4.73. The molecule has 0 aromatic heterocycles. The average Bonchev–Trinajstić information content (AvgIpc) is 2.27. The van der Waals surface area contributed by atoms with Crippen molar-refractivity contribution in [1.29, 1.82) is 0 Å². The fourth-order valence-electron chi connectivity index (χ4n) is 1.62. The molecule has 1 aromatic rings. The van der Waals surface area contributed by atoms with Crippen LogP contribution in [0.25, 0.3) is 0 Å². The van der Waals surface area contributed by atoms with Crippen LogP contribution in [0.4, 0.5) is 10.1 Å². The Balaban J connectivity index is 2.75. The molecule has 0 fully saturated rings. The fraction of sp³-hybridized carbons (Fsp3) is 0.385. The lowest BCUT2D eigenvalue weighted by molar-refractivity contribution is -0.117. The van der Waals surface area contributed by atoms with Crippen LogP contribution in [0.15, 0.2) is 18.2 Å². The summed E-state index contributed by atoms with van der Waals surface area (Å²) in [4.78, 5) is 22.3. The molecule has 0 unspecified atom stereocenters. The molecule has 0 radical (unpaired) electrons. The maximum absolute atomic E-state index is 13.4. The molecule has 4 N–H and O–H groups in total. The van der Waals surface area contributed by atoms with Gasteiger partial charge in [0.2, 0.25) is 5.91 Å². The van der Waals surface area contributed by atoms with Crippen LogP contribution in [0.3, 0.4) is 0 Å². The number of anilines is 1. The molecule has 104 valence electrons. The van der Waals surface area contributed by atoms with Gasteiger partial charge in [0, 0.05) is 5.69 Å². The summed E-state index contributed by atoms with van der Waals surface area (Å²) in [5.41, 5.74) is 5.43. The first-order chi connectivity index (χ1) is 8.81. The van der Waals surface area contributed by atoms with Crippen molar-refractivity contribution in [2.75, 3.05) is 5.32 Å². The van der Waals surface area contributed by atoms with E-state index in [1.165, 1.54) is 6.07 Å². The monoisotopic (exact) mass is 268 g/mol. The van der Waals surface area contributed by atoms with Crippen LogP contribution >= 0.6 is 0 Å². The van der Waals surface area contributed by atoms with Crippen LogP contribution < -0.4 is 11.1 Å². The van der Waals surface area contributed by atoms with Crippen molar-refractivity contribution >= 4 is 17.6 Å². The Morgan fingerprint density at radius 2 is 2.05 bits per heavy atom. The lowest BCUT2D eigenvalue weighted by Gasteiger charge is -2.14. The van der Waals surface area contributed by atoms with Crippen LogP contribution in [0.2, 0.25) is 0 Å². The molecule has 6 heteroatoms. The van der Waals surface area contributed by atoms with E-state index in [2.05, 4.69) is 5.32 Å². The Kier molecular flexibility index (Phi) is 5.00. The van der Waals surface area contributed by atoms with Gasteiger partial charge in [0.1, 0.15) is 5.82 Å². The van der Waals surface area contributed by atoms with Crippen molar-refractivity contribution in [3.8, 4) is 0 Å². The zero-order chi connectivity index (χ0) is 14.6. The molecule has 0 aliphatic heterocycles. The molecule has 0 aliphatic rings. The summed E-state index contributed by atoms with van der Waals surface area (Å²) >= 11 is 0. The maximum atomic E-state index is 13.4. The molecule has 1 atom stereocenters. The minimum Gasteiger partial charge on any atom is -0.478 e. The fourth-order valence-corrected chi connectivity index (χ4v) is 1.62. The van der Waals surface area contributed by atoms with Crippen molar-refractivity contribution in [1.82, 2.24) is 0 Å². The summed E-state index contributed by atoms with van der Waals surface area (Å²) in [6.45, 7) is 3.88. The van der Waals surface area contributed by atoms with Gasteiger partial charge in [-0.1, -0.05) is 13.8 Å². The largest absolute Gasteiger partial charge is 0.478 e. The number of carbonyl (C=O) groups is 2. The van der Waals surface area contributed by atoms with Crippen LogP contribution in [0.1, 0.15) is 30.6 Å². The van der Waals surface area contributed by atoms with Crippen LogP contribution in [-0.4, -0.2) is 23.0 Å². The number of aromatic carboxylic acids is 1. The average molecular weight is 268 g/mol. The third-order valence-electron chi connectivity index (χ3n) is 2.53. The molecular weight excluding hydrogens is 251 g/mol. The summed E-state index contributed by atoms with van der Waals surface area (Å²) in [5.74, 6) is -2.40. The van der Waals surface area contributed by atoms with Crippen LogP contribution in [0, 0.1) is 11.7 Å². The van der Waals surface area contributed by atoms with Gasteiger partial charge in [-0.3, -0.25) is 4.79 Å². The standard InChI is InChI=1S/C13H17FN2O3/c1-7(2)5-11(15)12(17)16-8-3-4-9(13(18)19)10(14)6-8/h3-4,6-7,11H,5,15H2,1-2H3,(H,16,17)(H,18,19)/t11-/m1/s1. The van der Waals surface area contributed by atoms with E-state index in [4.69, 9.17) is 10.8 Å². The van der Waals surface area contributed by atoms with Crippen LogP contribution in [-0.2, 0) is 4.79 Å². The highest BCUT2D eigenvalue weighted by Gasteiger charge is 2.16. The number of nitrogens with one attached hydrogen (secondary N) is 1. The van der Waals surface area contributed by atoms with Crippen molar-refractivity contribution in [3.63, 3.8) is 0 Å². The van der Waals surface area contributed by atoms with Crippen LogP contribution in [0.5, 0.6) is 0 Å². The molecule has 1 amide bonds. The molecule has 19 heavy (non-hydrogen) atoms. The molecule has 0 aliphatic carbocycles. The first kappa shape index (κ1) is 15.1. The number of rotatable bonds is 5. The van der Waals surface area contributed by atoms with Gasteiger partial charge in [0.25, 0.3) is 0 Å². The van der Waals surface area contributed by atoms with Gasteiger partial charge in [0.15, 0.2) is 0 Å². The van der Waals surface area contributed by atoms with Crippen molar-refractivity contribution in [3.05, 3.63) is 29.6 Å². The SMILES string of the molecule is CC(C)C[C@@H](N)C(=O)Nc1ccc(C(=O)O)c(F)c1. The molecule has 0 spiro atoms. The Labute approximate surface area is 110 Å². The van der Waals surface area contributed by atoms with Crippen molar-refractivity contribution in [2.24, 2.45) is 11.7 Å². The van der Waals surface area contributed by atoms with Gasteiger partial charge in [-0.05, 0) is 30.5 Å². The predicted octanol–water partition coefficient (Wildman–Crippen LogP) is 1.84. The molecule has 0 heterocycles. The highest BCUT2D eigenvalue weighted by atomic mass is 19.1. The van der Waals surface area contributed by atoms with E-state index in [9.17, 15) is 14.0 Å². The van der Waals surface area contributed by atoms with Gasteiger partial charge >= 0.3 is 5.97 Å². The van der Waals surface area contributed by atoms with E-state index in [1.54, 1.807) is 0 Å². The molecule has 0 saturated carbocycles. The van der Waals surface area contributed by atoms with Gasteiger partial charge in [-0.2, -0.15) is 0 Å². The molecule has 1 aromatic carbocycles. The number of amides is 1. The maximum Gasteiger partial charge on any atom is 0.338 e. The number of hydrogen-bond donors (Lipinski definition) is 3. The molecule has 0 saturated heterocycles. The minimum atomic E-state index is -1.35. The van der Waals surface area contributed by atoms with Crippen molar-refractivity contribution in [2.45, 2.75) is 26.3 Å². The number of benzene rings is 1. The van der Waals surface area contributed by atoms with E-state index in [0.29, 0.717) is 6.42 Å².